The molecule has 2 fully saturated rings. The minimum absolute atomic E-state index is 0.0370. The van der Waals surface area contributed by atoms with E-state index in [1.807, 2.05) is 0 Å². The van der Waals surface area contributed by atoms with Gasteiger partial charge in [-0.3, -0.25) is 10.1 Å². The largest absolute Gasteiger partial charge is 0.433 e. The van der Waals surface area contributed by atoms with Gasteiger partial charge >= 0.3 is 5.88 Å². The average molecular weight is 303 g/mol. The Morgan fingerprint density at radius 1 is 1.19 bits per heavy atom. The molecule has 2 unspecified atom stereocenters. The van der Waals surface area contributed by atoms with Gasteiger partial charge in [-0.2, -0.15) is 0 Å². The molecule has 3 N–H and O–H groups in total. The number of fused-ring (bicyclic) bond motifs is 1. The first-order valence-electron chi connectivity index (χ1n) is 6.18. The van der Waals surface area contributed by atoms with Crippen LogP contribution in [0.5, 0.6) is 0 Å². The maximum Gasteiger partial charge on any atom is 0.433 e. The van der Waals surface area contributed by atoms with Gasteiger partial charge < -0.3 is 33.9 Å². The second-order valence-electron chi connectivity index (χ2n) is 4.75. The Morgan fingerprint density at radius 2 is 1.95 bits per heavy atom. The summed E-state index contributed by atoms with van der Waals surface area (Å²) < 4.78 is 20.7. The van der Waals surface area contributed by atoms with Crippen LogP contribution < -0.4 is 0 Å². The monoisotopic (exact) mass is 303 g/mol. The molecule has 10 nitrogen and oxygen atoms in total. The molecule has 0 radical (unpaired) electrons. The third kappa shape index (κ3) is 2.52. The van der Waals surface area contributed by atoms with Gasteiger partial charge in [0.15, 0.2) is 12.1 Å². The lowest BCUT2D eigenvalue weighted by Gasteiger charge is -2.44. The molecule has 2 aliphatic heterocycles. The minimum atomic E-state index is -1.53. The molecule has 2 aliphatic rings. The van der Waals surface area contributed by atoms with Crippen molar-refractivity contribution in [3.8, 4) is 0 Å². The van der Waals surface area contributed by atoms with E-state index in [9.17, 15) is 25.4 Å². The highest BCUT2D eigenvalue weighted by Crippen LogP contribution is 2.35. The van der Waals surface area contributed by atoms with E-state index in [2.05, 4.69) is 0 Å². The number of aliphatic hydroxyl groups excluding tert-OH is 3. The standard InChI is InChI=1S/C11H13NO9/c13-7-8(14)10(15)20-5-3-18-11(21-9(5)7)4-1-2-6(19-4)12(16)17/h1-2,5,7-11,13-15H,3H2/t5-,7-,8-,9+,10?,11?/m1/s1. The summed E-state index contributed by atoms with van der Waals surface area (Å²) in [6.45, 7) is -0.0370. The van der Waals surface area contributed by atoms with E-state index in [0.29, 0.717) is 0 Å². The van der Waals surface area contributed by atoms with Crippen molar-refractivity contribution in [2.45, 2.75) is 37.0 Å². The van der Waals surface area contributed by atoms with E-state index in [1.54, 1.807) is 0 Å². The van der Waals surface area contributed by atoms with Crippen molar-refractivity contribution in [3.05, 3.63) is 28.0 Å². The Kier molecular flexibility index (Phi) is 3.65. The summed E-state index contributed by atoms with van der Waals surface area (Å²) in [5, 5.41) is 39.4. The molecular formula is C11H13NO9. The average Bonchev–Trinajstić information content (AvgIpc) is 2.95. The Morgan fingerprint density at radius 3 is 2.62 bits per heavy atom. The van der Waals surface area contributed by atoms with Crippen molar-refractivity contribution in [2.24, 2.45) is 0 Å². The second kappa shape index (κ2) is 5.33. The Bertz CT molecular complexity index is 530. The van der Waals surface area contributed by atoms with E-state index in [1.165, 1.54) is 6.07 Å². The molecule has 0 amide bonds. The number of hydrogen-bond donors (Lipinski definition) is 3. The zero-order chi connectivity index (χ0) is 15.1. The summed E-state index contributed by atoms with van der Waals surface area (Å²) in [5.41, 5.74) is 0. The van der Waals surface area contributed by atoms with Gasteiger partial charge in [0.25, 0.3) is 0 Å². The van der Waals surface area contributed by atoms with Crippen LogP contribution in [-0.2, 0) is 14.2 Å². The van der Waals surface area contributed by atoms with Crippen molar-refractivity contribution >= 4 is 5.88 Å². The first kappa shape index (κ1) is 14.4. The number of rotatable bonds is 2. The molecule has 21 heavy (non-hydrogen) atoms. The van der Waals surface area contributed by atoms with Crippen molar-refractivity contribution in [1.82, 2.24) is 0 Å². The van der Waals surface area contributed by atoms with Crippen LogP contribution in [0.3, 0.4) is 0 Å². The summed E-state index contributed by atoms with van der Waals surface area (Å²) in [5.74, 6) is -0.400. The first-order chi connectivity index (χ1) is 9.97. The zero-order valence-electron chi connectivity index (χ0n) is 10.6. The van der Waals surface area contributed by atoms with Gasteiger partial charge in [0.2, 0.25) is 6.29 Å². The van der Waals surface area contributed by atoms with Crippen LogP contribution in [0.15, 0.2) is 16.5 Å². The highest BCUT2D eigenvalue weighted by Gasteiger charge is 2.48. The van der Waals surface area contributed by atoms with Crippen molar-refractivity contribution in [3.63, 3.8) is 0 Å². The lowest BCUT2D eigenvalue weighted by Crippen LogP contribution is -2.61. The first-order valence-corrected chi connectivity index (χ1v) is 6.18. The smallest absolute Gasteiger partial charge is 0.400 e. The van der Waals surface area contributed by atoms with Gasteiger partial charge in [-0.05, 0) is 6.07 Å². The molecule has 0 aliphatic carbocycles. The van der Waals surface area contributed by atoms with Crippen LogP contribution in [0.2, 0.25) is 0 Å². The normalized spacial score (nSPS) is 39.8. The van der Waals surface area contributed by atoms with E-state index in [0.717, 1.165) is 6.07 Å². The zero-order valence-corrected chi connectivity index (χ0v) is 10.6. The third-order valence-corrected chi connectivity index (χ3v) is 3.38. The number of nitrogens with zero attached hydrogens (tertiary/aromatic N) is 1. The number of ether oxygens (including phenoxy) is 3. The molecule has 3 rings (SSSR count). The van der Waals surface area contributed by atoms with E-state index >= 15 is 0 Å². The topological polar surface area (TPSA) is 145 Å². The molecule has 116 valence electrons. The Balaban J connectivity index is 1.75. The maximum absolute atomic E-state index is 10.6. The summed E-state index contributed by atoms with van der Waals surface area (Å²) in [4.78, 5) is 9.86. The lowest BCUT2D eigenvalue weighted by atomic mass is 9.98. The van der Waals surface area contributed by atoms with Crippen molar-refractivity contribution in [2.75, 3.05) is 6.61 Å². The SMILES string of the molecule is O=[N+]([O-])c1ccc(C2OC[C@H]3OC(O)[C@H](O)[C@@H](O)[C@H]3O2)o1. The van der Waals surface area contributed by atoms with Crippen LogP contribution in [0, 0.1) is 10.1 Å². The number of aliphatic hydroxyl groups is 3. The fourth-order valence-corrected chi connectivity index (χ4v) is 2.30. The van der Waals surface area contributed by atoms with Crippen LogP contribution in [0.1, 0.15) is 12.1 Å². The van der Waals surface area contributed by atoms with Gasteiger partial charge in [-0.25, -0.2) is 0 Å². The molecule has 1 aromatic heterocycles. The summed E-state index contributed by atoms with van der Waals surface area (Å²) in [6.07, 6.45) is -7.22. The summed E-state index contributed by atoms with van der Waals surface area (Å²) in [7, 11) is 0. The molecule has 0 bridgehead atoms. The van der Waals surface area contributed by atoms with Gasteiger partial charge in [-0.1, -0.05) is 0 Å². The van der Waals surface area contributed by atoms with Crippen LogP contribution in [0.4, 0.5) is 5.88 Å². The molecule has 2 saturated heterocycles. The van der Waals surface area contributed by atoms with Crippen LogP contribution in [0.25, 0.3) is 0 Å². The highest BCUT2D eigenvalue weighted by molar-refractivity contribution is 5.18. The molecule has 1 aromatic rings. The van der Waals surface area contributed by atoms with Gasteiger partial charge in [0, 0.05) is 0 Å². The number of hydrogen-bond acceptors (Lipinski definition) is 9. The molecular weight excluding hydrogens is 290 g/mol. The van der Waals surface area contributed by atoms with E-state index in [-0.39, 0.29) is 12.4 Å². The van der Waals surface area contributed by atoms with E-state index < -0.39 is 47.8 Å². The molecule has 10 heteroatoms. The third-order valence-electron chi connectivity index (χ3n) is 3.38. The lowest BCUT2D eigenvalue weighted by molar-refractivity contribution is -0.404. The number of furan rings is 1. The predicted molar refractivity (Wildman–Crippen MR) is 61.8 cm³/mol. The molecule has 6 atom stereocenters. The van der Waals surface area contributed by atoms with Crippen LogP contribution in [-0.4, -0.2) is 57.6 Å². The fourth-order valence-electron chi connectivity index (χ4n) is 2.30. The molecule has 0 spiro atoms. The number of nitro groups is 1. The van der Waals surface area contributed by atoms with Crippen LogP contribution >= 0.6 is 0 Å². The molecule has 0 aromatic carbocycles. The van der Waals surface area contributed by atoms with E-state index in [4.69, 9.17) is 18.6 Å². The van der Waals surface area contributed by atoms with Crippen molar-refractivity contribution < 1.29 is 38.9 Å². The highest BCUT2D eigenvalue weighted by atomic mass is 16.7. The fraction of sp³-hybridized carbons (Fsp3) is 0.636. The van der Waals surface area contributed by atoms with Gasteiger partial charge in [0.05, 0.1) is 12.7 Å². The second-order valence-corrected chi connectivity index (χ2v) is 4.75. The predicted octanol–water partition coefficient (Wildman–Crippen LogP) is -0.959. The van der Waals surface area contributed by atoms with Gasteiger partial charge in [-0.15, -0.1) is 0 Å². The minimum Gasteiger partial charge on any atom is -0.400 e. The molecule has 0 saturated carbocycles. The Hall–Kier alpha value is -1.56. The summed E-state index contributed by atoms with van der Waals surface area (Å²) in [6, 6.07) is 2.48. The molecule has 3 heterocycles. The quantitative estimate of drug-likeness (QED) is 0.464. The van der Waals surface area contributed by atoms with Crippen molar-refractivity contribution in [1.29, 1.82) is 0 Å². The van der Waals surface area contributed by atoms with Gasteiger partial charge in [0.1, 0.15) is 29.3 Å². The maximum atomic E-state index is 10.6. The Labute approximate surface area is 117 Å². The summed E-state index contributed by atoms with van der Waals surface area (Å²) >= 11 is 0.